The van der Waals surface area contributed by atoms with Crippen molar-refractivity contribution in [1.82, 2.24) is 0 Å². The first-order valence-corrected chi connectivity index (χ1v) is 10.2. The Balaban J connectivity index is -0.000000392. The molecule has 0 amide bonds. The third kappa shape index (κ3) is 24.7. The zero-order chi connectivity index (χ0) is 29.5. The molecule has 0 aliphatic heterocycles. The number of nitrogens with zero attached hydrogens (tertiary/aromatic N) is 5. The molecule has 18 nitrogen and oxygen atoms in total. The Hall–Kier alpha value is -3.58. The van der Waals surface area contributed by atoms with Crippen LogP contribution in [0.15, 0.2) is 46.4 Å². The van der Waals surface area contributed by atoms with Crippen LogP contribution in [0, 0.1) is 86.8 Å². The average Bonchev–Trinajstić information content (AvgIpc) is 2.80. The first-order chi connectivity index (χ1) is 17.9. The molecule has 2 aromatic rings. The second-order valence-electron chi connectivity index (χ2n) is 5.96. The Kier molecular flexibility index (Phi) is 29.4. The van der Waals surface area contributed by atoms with Crippen LogP contribution >= 0.6 is 0 Å². The quantitative estimate of drug-likeness (QED) is 0.116. The summed E-state index contributed by atoms with van der Waals surface area (Å²) in [5, 5.41) is 68.4. The van der Waals surface area contributed by atoms with Gasteiger partial charge in [-0.1, -0.05) is 35.8 Å². The number of para-hydroxylation sites is 2. The summed E-state index contributed by atoms with van der Waals surface area (Å²) < 4.78 is 10.5. The molecule has 219 valence electrons. The molecule has 0 aliphatic carbocycles. The predicted molar refractivity (Wildman–Crippen MR) is 130 cm³/mol. The molecule has 0 unspecified atom stereocenters. The van der Waals surface area contributed by atoms with Gasteiger partial charge >= 0.3 is 57.3 Å². The number of ether oxygens (including phenoxy) is 2. The zero-order valence-corrected chi connectivity index (χ0v) is 25.0. The third-order valence-electron chi connectivity index (χ3n) is 3.44. The summed E-state index contributed by atoms with van der Waals surface area (Å²) in [6, 6.07) is 10.2. The van der Waals surface area contributed by atoms with Gasteiger partial charge in [0.1, 0.15) is 11.5 Å². The van der Waals surface area contributed by atoms with E-state index < -0.39 is 15.3 Å². The molecule has 0 bridgehead atoms. The molecular formula is C20H22N5NdNiO13. The number of hydrogen-bond acceptors (Lipinski definition) is 15. The van der Waals surface area contributed by atoms with Crippen LogP contribution in [0.5, 0.6) is 23.0 Å². The fourth-order valence-electron chi connectivity index (χ4n) is 2.25. The Morgan fingerprint density at radius 1 is 0.675 bits per heavy atom. The Labute approximate surface area is 269 Å². The molecule has 0 spiro atoms. The summed E-state index contributed by atoms with van der Waals surface area (Å²) in [7, 11) is 0. The van der Waals surface area contributed by atoms with E-state index in [1.165, 1.54) is 12.4 Å². The van der Waals surface area contributed by atoms with Crippen LogP contribution < -0.4 is 19.7 Å². The summed E-state index contributed by atoms with van der Waals surface area (Å²) in [6.07, 6.45) is 3.05. The minimum atomic E-state index is -1.75. The van der Waals surface area contributed by atoms with Gasteiger partial charge in [-0.05, 0) is 37.1 Å². The first-order valence-electron chi connectivity index (χ1n) is 10.2. The molecule has 0 aliphatic rings. The maximum Gasteiger partial charge on any atom is 3.00 e. The van der Waals surface area contributed by atoms with Crippen LogP contribution in [0.3, 0.4) is 0 Å². The third-order valence-corrected chi connectivity index (χ3v) is 3.44. The van der Waals surface area contributed by atoms with Gasteiger partial charge in [-0.2, -0.15) is 0 Å². The zero-order valence-electron chi connectivity index (χ0n) is 20.8. The maximum absolute atomic E-state index is 12.1. The van der Waals surface area contributed by atoms with E-state index in [2.05, 4.69) is 9.98 Å². The van der Waals surface area contributed by atoms with Crippen molar-refractivity contribution in [3.8, 4) is 23.0 Å². The van der Waals surface area contributed by atoms with Gasteiger partial charge in [0.15, 0.2) is 0 Å². The molecule has 20 heteroatoms. The van der Waals surface area contributed by atoms with Crippen molar-refractivity contribution in [1.29, 1.82) is 0 Å². The summed E-state index contributed by atoms with van der Waals surface area (Å²) in [6.45, 7) is 5.36. The fourth-order valence-corrected chi connectivity index (χ4v) is 2.25. The maximum atomic E-state index is 12.1. The van der Waals surface area contributed by atoms with E-state index in [0.717, 1.165) is 0 Å². The molecule has 0 heterocycles. The van der Waals surface area contributed by atoms with E-state index >= 15 is 0 Å². The van der Waals surface area contributed by atoms with Crippen LogP contribution in [-0.4, -0.2) is 54.0 Å². The molecule has 0 fully saturated rings. The largest absolute Gasteiger partial charge is 3.00 e. The van der Waals surface area contributed by atoms with Crippen molar-refractivity contribution in [3.05, 3.63) is 93.5 Å². The molecule has 0 saturated carbocycles. The number of rotatable bonds is 9. The fraction of sp³-hybridized carbons (Fsp3) is 0.300. The Morgan fingerprint density at radius 2 is 0.950 bits per heavy atom. The van der Waals surface area contributed by atoms with Gasteiger partial charge in [-0.3, -0.25) is 9.98 Å². The van der Waals surface area contributed by atoms with E-state index in [0.29, 0.717) is 48.9 Å². The van der Waals surface area contributed by atoms with Crippen LogP contribution in [-0.2, 0) is 16.5 Å². The SMILES string of the molecule is CCOc1cccc(C=NCCN=Cc2cccc(OCC)c2[O-])c1[O-].O=[N+]([O-])[O-].O=[N+]([O-])[O-].O=[N+]([O-])[O-].[Nd+3].[Ni+2]. The van der Waals surface area contributed by atoms with Gasteiger partial charge < -0.3 is 65.7 Å². The van der Waals surface area contributed by atoms with E-state index in [-0.39, 0.29) is 68.8 Å². The van der Waals surface area contributed by atoms with Crippen LogP contribution in [0.4, 0.5) is 0 Å². The standard InChI is InChI=1S/C20H24N2O4.3NO3.Nd.Ni/c1-3-25-17-9-5-7-15(19(17)23)13-21-11-12-22-14-16-8-6-10-18(20(16)24)26-4-2;3*2-1(3)4;;/h5-10,13-14,23-24H,3-4,11-12H2,1-2H3;;;;;/q;3*-1;+3;+2/p-2. The predicted octanol–water partition coefficient (Wildman–Crippen LogP) is 1.45. The van der Waals surface area contributed by atoms with Crippen molar-refractivity contribution in [2.24, 2.45) is 9.98 Å². The van der Waals surface area contributed by atoms with Crippen molar-refractivity contribution in [2.75, 3.05) is 26.3 Å². The topological polar surface area (TPSA) is 288 Å². The number of hydrogen-bond donors (Lipinski definition) is 0. The van der Waals surface area contributed by atoms with Crippen molar-refractivity contribution >= 4 is 12.4 Å². The number of aliphatic imine (C=N–C) groups is 2. The van der Waals surface area contributed by atoms with Crippen molar-refractivity contribution in [3.63, 3.8) is 0 Å². The van der Waals surface area contributed by atoms with E-state index in [9.17, 15) is 10.2 Å². The van der Waals surface area contributed by atoms with Crippen LogP contribution in [0.2, 0.25) is 0 Å². The average molecular weight is 743 g/mol. The Bertz CT molecular complexity index is 971. The normalized spacial score (nSPS) is 9.15. The molecular weight excluding hydrogens is 721 g/mol. The first kappa shape index (κ1) is 43.5. The molecule has 0 atom stereocenters. The monoisotopic (exact) mass is 740 g/mol. The van der Waals surface area contributed by atoms with Crippen molar-refractivity contribution in [2.45, 2.75) is 13.8 Å². The van der Waals surface area contributed by atoms with E-state index in [4.69, 9.17) is 55.4 Å². The van der Waals surface area contributed by atoms with Gasteiger partial charge in [-0.25, -0.2) is 0 Å². The van der Waals surface area contributed by atoms with Crippen LogP contribution in [0.25, 0.3) is 0 Å². The summed E-state index contributed by atoms with van der Waals surface area (Å²) >= 11 is 0. The minimum absolute atomic E-state index is 0. The van der Waals surface area contributed by atoms with Crippen molar-refractivity contribution < 1.29 is 92.3 Å². The molecule has 0 aromatic heterocycles. The summed E-state index contributed by atoms with van der Waals surface area (Å²) in [5.74, 6) is 0.300. The van der Waals surface area contributed by atoms with E-state index in [1.807, 2.05) is 13.8 Å². The van der Waals surface area contributed by atoms with Gasteiger partial charge in [-0.15, -0.1) is 0 Å². The molecule has 0 saturated heterocycles. The molecule has 2 rings (SSSR count). The summed E-state index contributed by atoms with van der Waals surface area (Å²) in [5.41, 5.74) is 0.956. The Morgan fingerprint density at radius 3 is 1.20 bits per heavy atom. The van der Waals surface area contributed by atoms with Gasteiger partial charge in [0.25, 0.3) is 0 Å². The molecule has 1 radical (unpaired) electrons. The van der Waals surface area contributed by atoms with Gasteiger partial charge in [0, 0.05) is 12.4 Å². The number of benzene rings is 2. The van der Waals surface area contributed by atoms with E-state index in [1.54, 1.807) is 36.4 Å². The van der Waals surface area contributed by atoms with Gasteiger partial charge in [0.2, 0.25) is 0 Å². The molecule has 0 N–H and O–H groups in total. The van der Waals surface area contributed by atoms with Gasteiger partial charge in [0.05, 0.1) is 41.6 Å². The molecule has 40 heavy (non-hydrogen) atoms. The van der Waals surface area contributed by atoms with Crippen LogP contribution in [0.1, 0.15) is 25.0 Å². The second kappa shape index (κ2) is 27.0. The molecule has 2 aromatic carbocycles. The minimum Gasteiger partial charge on any atom is -0.870 e. The second-order valence-corrected chi connectivity index (χ2v) is 5.96. The smallest absolute Gasteiger partial charge is 0.870 e. The summed E-state index contributed by atoms with van der Waals surface area (Å²) in [4.78, 5) is 33.2.